The first kappa shape index (κ1) is 11.5. The van der Waals surface area contributed by atoms with E-state index in [0.29, 0.717) is 29.5 Å². The van der Waals surface area contributed by atoms with E-state index in [-0.39, 0.29) is 12.8 Å². The highest BCUT2D eigenvalue weighted by Gasteiger charge is 2.14. The number of nitrogens with one attached hydrogen (secondary N) is 2. The average Bonchev–Trinajstić information content (AvgIpc) is 3.07. The molecule has 2 heterocycles. The van der Waals surface area contributed by atoms with Gasteiger partial charge in [-0.3, -0.25) is 0 Å². The molecule has 1 aromatic heterocycles. The molecule has 0 spiro atoms. The van der Waals surface area contributed by atoms with E-state index in [4.69, 9.17) is 13.9 Å². The maximum Gasteiger partial charge on any atom is 0.319 e. The molecule has 1 aliphatic heterocycles. The quantitative estimate of drug-likeness (QED) is 0.888. The summed E-state index contributed by atoms with van der Waals surface area (Å²) in [6, 6.07) is 8.47. The van der Waals surface area contributed by atoms with Crippen LogP contribution in [0, 0.1) is 0 Å². The Labute approximate surface area is 109 Å². The molecule has 1 aromatic carbocycles. The van der Waals surface area contributed by atoms with Crippen molar-refractivity contribution < 1.29 is 18.7 Å². The second kappa shape index (κ2) is 4.93. The van der Waals surface area contributed by atoms with Gasteiger partial charge >= 0.3 is 6.03 Å². The Hall–Kier alpha value is -2.63. The van der Waals surface area contributed by atoms with E-state index >= 15 is 0 Å². The number of rotatable bonds is 3. The fourth-order valence-corrected chi connectivity index (χ4v) is 1.73. The van der Waals surface area contributed by atoms with Crippen molar-refractivity contribution in [1.29, 1.82) is 0 Å². The van der Waals surface area contributed by atoms with E-state index < -0.39 is 0 Å². The fourth-order valence-electron chi connectivity index (χ4n) is 1.73. The van der Waals surface area contributed by atoms with Crippen LogP contribution >= 0.6 is 0 Å². The first-order valence-corrected chi connectivity index (χ1v) is 5.78. The van der Waals surface area contributed by atoms with E-state index in [0.717, 1.165) is 0 Å². The van der Waals surface area contributed by atoms with Gasteiger partial charge in [-0.15, -0.1) is 0 Å². The molecule has 1 aliphatic rings. The van der Waals surface area contributed by atoms with E-state index in [1.807, 2.05) is 0 Å². The largest absolute Gasteiger partial charge is 0.467 e. The third kappa shape index (κ3) is 2.62. The number of hydrogen-bond acceptors (Lipinski definition) is 4. The zero-order valence-electron chi connectivity index (χ0n) is 10.0. The molecular weight excluding hydrogens is 248 g/mol. The Balaban J connectivity index is 1.57. The summed E-state index contributed by atoms with van der Waals surface area (Å²) in [7, 11) is 0. The molecular formula is C13H12N2O4. The zero-order valence-corrected chi connectivity index (χ0v) is 10.0. The van der Waals surface area contributed by atoms with Crippen LogP contribution in [0.25, 0.3) is 0 Å². The maximum absolute atomic E-state index is 11.7. The van der Waals surface area contributed by atoms with E-state index in [2.05, 4.69) is 10.6 Å². The van der Waals surface area contributed by atoms with E-state index in [1.54, 1.807) is 36.6 Å². The van der Waals surface area contributed by atoms with Gasteiger partial charge in [-0.05, 0) is 24.3 Å². The number of furan rings is 1. The van der Waals surface area contributed by atoms with Crippen LogP contribution in [0.2, 0.25) is 0 Å². The van der Waals surface area contributed by atoms with Crippen molar-refractivity contribution in [2.24, 2.45) is 0 Å². The van der Waals surface area contributed by atoms with Crippen LogP contribution in [-0.2, 0) is 6.54 Å². The van der Waals surface area contributed by atoms with Gasteiger partial charge in [0.05, 0.1) is 12.8 Å². The number of carbonyl (C=O) groups is 1. The Kier molecular flexibility index (Phi) is 2.97. The van der Waals surface area contributed by atoms with Crippen molar-refractivity contribution in [1.82, 2.24) is 5.32 Å². The molecule has 6 nitrogen and oxygen atoms in total. The molecule has 0 bridgehead atoms. The molecule has 0 saturated heterocycles. The summed E-state index contributed by atoms with van der Waals surface area (Å²) in [4.78, 5) is 11.7. The third-order valence-corrected chi connectivity index (χ3v) is 2.63. The Bertz CT molecular complexity index is 580. The molecule has 0 radical (unpaired) electrons. The summed E-state index contributed by atoms with van der Waals surface area (Å²) in [5.74, 6) is 2.01. The number of carbonyl (C=O) groups excluding carboxylic acids is 1. The van der Waals surface area contributed by atoms with Crippen molar-refractivity contribution >= 4 is 11.7 Å². The molecule has 0 unspecified atom stereocenters. The number of fused-ring (bicyclic) bond motifs is 1. The summed E-state index contributed by atoms with van der Waals surface area (Å²) in [5, 5.41) is 5.39. The van der Waals surface area contributed by atoms with Crippen LogP contribution in [-0.4, -0.2) is 12.8 Å². The summed E-state index contributed by atoms with van der Waals surface area (Å²) in [6.45, 7) is 0.548. The summed E-state index contributed by atoms with van der Waals surface area (Å²) in [5.41, 5.74) is 0.640. The second-order valence-electron chi connectivity index (χ2n) is 3.96. The molecule has 19 heavy (non-hydrogen) atoms. The van der Waals surface area contributed by atoms with Crippen molar-refractivity contribution in [2.45, 2.75) is 6.54 Å². The van der Waals surface area contributed by atoms with Crippen LogP contribution in [0.15, 0.2) is 41.0 Å². The number of hydrogen-bond donors (Lipinski definition) is 2. The van der Waals surface area contributed by atoms with Crippen LogP contribution in [0.5, 0.6) is 11.5 Å². The molecule has 3 rings (SSSR count). The third-order valence-electron chi connectivity index (χ3n) is 2.63. The Morgan fingerprint density at radius 1 is 1.21 bits per heavy atom. The van der Waals surface area contributed by atoms with Gasteiger partial charge in [0.15, 0.2) is 11.5 Å². The van der Waals surface area contributed by atoms with Gasteiger partial charge in [0.25, 0.3) is 0 Å². The predicted molar refractivity (Wildman–Crippen MR) is 67.1 cm³/mol. The number of urea groups is 1. The monoisotopic (exact) mass is 260 g/mol. The van der Waals surface area contributed by atoms with Gasteiger partial charge in [0, 0.05) is 11.8 Å². The molecule has 0 saturated carbocycles. The minimum absolute atomic E-state index is 0.212. The van der Waals surface area contributed by atoms with Gasteiger partial charge in [-0.25, -0.2) is 4.79 Å². The van der Waals surface area contributed by atoms with Crippen molar-refractivity contribution in [3.05, 3.63) is 42.4 Å². The lowest BCUT2D eigenvalue weighted by atomic mass is 10.3. The molecule has 2 amide bonds. The first-order valence-electron chi connectivity index (χ1n) is 5.78. The van der Waals surface area contributed by atoms with Gasteiger partial charge < -0.3 is 24.5 Å². The molecule has 0 aliphatic carbocycles. The smallest absolute Gasteiger partial charge is 0.319 e. The molecule has 98 valence electrons. The lowest BCUT2D eigenvalue weighted by Crippen LogP contribution is -2.27. The molecule has 0 fully saturated rings. The number of amides is 2. The van der Waals surface area contributed by atoms with Crippen LogP contribution in [0.1, 0.15) is 5.76 Å². The lowest BCUT2D eigenvalue weighted by Gasteiger charge is -2.07. The van der Waals surface area contributed by atoms with Crippen molar-refractivity contribution in [2.75, 3.05) is 12.1 Å². The SMILES string of the molecule is O=C(NCc1ccco1)Nc1ccc2c(c1)OCO2. The standard InChI is InChI=1S/C13H12N2O4/c16-13(14-7-10-2-1-5-17-10)15-9-3-4-11-12(6-9)19-8-18-11/h1-6H,7-8H2,(H2,14,15,16). The molecule has 6 heteroatoms. The minimum Gasteiger partial charge on any atom is -0.467 e. The predicted octanol–water partition coefficient (Wildman–Crippen LogP) is 2.33. The number of ether oxygens (including phenoxy) is 2. The number of anilines is 1. The molecule has 0 atom stereocenters. The van der Waals surface area contributed by atoms with Crippen LogP contribution in [0.3, 0.4) is 0 Å². The average molecular weight is 260 g/mol. The van der Waals surface area contributed by atoms with Crippen LogP contribution < -0.4 is 20.1 Å². The van der Waals surface area contributed by atoms with E-state index in [9.17, 15) is 4.79 Å². The molecule has 2 aromatic rings. The van der Waals surface area contributed by atoms with Crippen LogP contribution in [0.4, 0.5) is 10.5 Å². The highest BCUT2D eigenvalue weighted by molar-refractivity contribution is 5.89. The second-order valence-corrected chi connectivity index (χ2v) is 3.96. The first-order chi connectivity index (χ1) is 9.31. The summed E-state index contributed by atoms with van der Waals surface area (Å²) >= 11 is 0. The number of benzene rings is 1. The normalized spacial score (nSPS) is 12.2. The lowest BCUT2D eigenvalue weighted by molar-refractivity contribution is 0.174. The zero-order chi connectivity index (χ0) is 13.1. The topological polar surface area (TPSA) is 72.7 Å². The van der Waals surface area contributed by atoms with Gasteiger partial charge in [-0.1, -0.05) is 0 Å². The Morgan fingerprint density at radius 3 is 2.95 bits per heavy atom. The van der Waals surface area contributed by atoms with Gasteiger partial charge in [0.1, 0.15) is 5.76 Å². The summed E-state index contributed by atoms with van der Waals surface area (Å²) < 4.78 is 15.5. The Morgan fingerprint density at radius 2 is 2.11 bits per heavy atom. The van der Waals surface area contributed by atoms with Gasteiger partial charge in [-0.2, -0.15) is 0 Å². The van der Waals surface area contributed by atoms with Crippen molar-refractivity contribution in [3.8, 4) is 11.5 Å². The summed E-state index contributed by atoms with van der Waals surface area (Å²) in [6.07, 6.45) is 1.56. The fraction of sp³-hybridized carbons (Fsp3) is 0.154. The highest BCUT2D eigenvalue weighted by Crippen LogP contribution is 2.34. The van der Waals surface area contributed by atoms with Crippen molar-refractivity contribution in [3.63, 3.8) is 0 Å². The van der Waals surface area contributed by atoms with E-state index in [1.165, 1.54) is 0 Å². The molecule has 2 N–H and O–H groups in total. The highest BCUT2D eigenvalue weighted by atomic mass is 16.7. The van der Waals surface area contributed by atoms with Gasteiger partial charge in [0.2, 0.25) is 6.79 Å². The maximum atomic E-state index is 11.7. The minimum atomic E-state index is -0.310.